The van der Waals surface area contributed by atoms with Gasteiger partial charge < -0.3 is 25.1 Å². The Bertz CT molecular complexity index is 1230. The molecule has 0 saturated carbocycles. The van der Waals surface area contributed by atoms with Gasteiger partial charge in [0, 0.05) is 34.4 Å². The summed E-state index contributed by atoms with van der Waals surface area (Å²) >= 11 is 0. The van der Waals surface area contributed by atoms with E-state index in [9.17, 15) is 24.9 Å². The van der Waals surface area contributed by atoms with Crippen molar-refractivity contribution >= 4 is 28.6 Å². The second-order valence-corrected chi connectivity index (χ2v) is 8.88. The van der Waals surface area contributed by atoms with Crippen molar-refractivity contribution in [1.29, 1.82) is 0 Å². The highest BCUT2D eigenvalue weighted by molar-refractivity contribution is 5.97. The number of phenolic OH excluding ortho intramolecular Hbond substituents is 1. The standard InChI is InChI=1S/C25H28N4O5.2H2/c1-15(2)13-21(31)24(32)29-11-9-28(10-12-29)23-17-8-7-16(25(33)34)14-19(17)26-22(27-23)18-5-3-4-6-20(18)30;;/h3-8,14-15,21,30-31H,9-13H2,1-2H3,(H,33,34);2*1H/t21-;;/m1../s1. The average molecular weight is 469 g/mol. The molecule has 1 aliphatic rings. The third-order valence-electron chi connectivity index (χ3n) is 5.94. The topological polar surface area (TPSA) is 127 Å². The van der Waals surface area contributed by atoms with Crippen LogP contribution in [0, 0.1) is 5.92 Å². The number of phenols is 1. The van der Waals surface area contributed by atoms with Crippen molar-refractivity contribution in [3.63, 3.8) is 0 Å². The van der Waals surface area contributed by atoms with Crippen LogP contribution in [0.3, 0.4) is 0 Å². The summed E-state index contributed by atoms with van der Waals surface area (Å²) in [6.45, 7) is 5.77. The van der Waals surface area contributed by atoms with Crippen LogP contribution in [0.2, 0.25) is 0 Å². The predicted octanol–water partition coefficient (Wildman–Crippen LogP) is 3.25. The van der Waals surface area contributed by atoms with Gasteiger partial charge in [0.1, 0.15) is 17.7 Å². The first-order chi connectivity index (χ1) is 16.2. The molecule has 182 valence electrons. The lowest BCUT2D eigenvalue weighted by Crippen LogP contribution is -2.52. The van der Waals surface area contributed by atoms with Gasteiger partial charge in [-0.15, -0.1) is 0 Å². The van der Waals surface area contributed by atoms with Gasteiger partial charge in [-0.3, -0.25) is 4.79 Å². The van der Waals surface area contributed by atoms with Gasteiger partial charge in [-0.1, -0.05) is 26.0 Å². The number of aliphatic hydroxyl groups excluding tert-OH is 1. The number of amides is 1. The number of carboxylic acids is 1. The minimum Gasteiger partial charge on any atom is -0.507 e. The Labute approximate surface area is 200 Å². The molecule has 0 aliphatic carbocycles. The summed E-state index contributed by atoms with van der Waals surface area (Å²) in [5.74, 6) is -0.183. The average Bonchev–Trinajstić information content (AvgIpc) is 2.82. The highest BCUT2D eigenvalue weighted by Gasteiger charge is 2.28. The van der Waals surface area contributed by atoms with Gasteiger partial charge in [0.15, 0.2) is 5.82 Å². The van der Waals surface area contributed by atoms with Crippen LogP contribution in [0.15, 0.2) is 42.5 Å². The smallest absolute Gasteiger partial charge is 0.335 e. The van der Waals surface area contributed by atoms with Crippen LogP contribution in [0.25, 0.3) is 22.3 Å². The lowest BCUT2D eigenvalue weighted by atomic mass is 10.0. The van der Waals surface area contributed by atoms with E-state index < -0.39 is 12.1 Å². The van der Waals surface area contributed by atoms with E-state index in [-0.39, 0.29) is 31.8 Å². The van der Waals surface area contributed by atoms with E-state index in [0.29, 0.717) is 54.9 Å². The summed E-state index contributed by atoms with van der Waals surface area (Å²) in [5.41, 5.74) is 1.00. The fourth-order valence-electron chi connectivity index (χ4n) is 4.17. The number of rotatable bonds is 6. The number of carboxylic acid groups (broad SMARTS) is 1. The Hall–Kier alpha value is -3.72. The van der Waals surface area contributed by atoms with E-state index >= 15 is 0 Å². The third-order valence-corrected chi connectivity index (χ3v) is 5.94. The molecule has 1 aromatic heterocycles. The molecule has 0 spiro atoms. The zero-order valence-corrected chi connectivity index (χ0v) is 19.2. The predicted molar refractivity (Wildman–Crippen MR) is 132 cm³/mol. The summed E-state index contributed by atoms with van der Waals surface area (Å²) in [7, 11) is 0. The molecule has 1 aliphatic heterocycles. The van der Waals surface area contributed by atoms with Crippen molar-refractivity contribution in [2.75, 3.05) is 31.1 Å². The number of anilines is 1. The number of hydrogen-bond donors (Lipinski definition) is 3. The van der Waals surface area contributed by atoms with E-state index in [4.69, 9.17) is 4.98 Å². The van der Waals surface area contributed by atoms with E-state index in [1.807, 2.05) is 18.7 Å². The quantitative estimate of drug-likeness (QED) is 0.503. The maximum absolute atomic E-state index is 12.6. The Morgan fingerprint density at radius 1 is 1.06 bits per heavy atom. The molecule has 1 saturated heterocycles. The van der Waals surface area contributed by atoms with Crippen LogP contribution < -0.4 is 4.90 Å². The Morgan fingerprint density at radius 3 is 2.41 bits per heavy atom. The maximum atomic E-state index is 12.6. The number of para-hydroxylation sites is 1. The normalized spacial score (nSPS) is 15.1. The minimum absolute atomic E-state index is 0. The number of piperazine rings is 1. The van der Waals surface area contributed by atoms with E-state index in [2.05, 4.69) is 4.98 Å². The van der Waals surface area contributed by atoms with Gasteiger partial charge in [0.25, 0.3) is 5.91 Å². The van der Waals surface area contributed by atoms with Crippen molar-refractivity contribution in [2.24, 2.45) is 5.92 Å². The molecule has 2 aromatic carbocycles. The zero-order valence-electron chi connectivity index (χ0n) is 19.2. The van der Waals surface area contributed by atoms with Gasteiger partial charge in [0.05, 0.1) is 16.6 Å². The molecule has 9 nitrogen and oxygen atoms in total. The summed E-state index contributed by atoms with van der Waals surface area (Å²) in [4.78, 5) is 37.1. The first-order valence-corrected chi connectivity index (χ1v) is 11.3. The van der Waals surface area contributed by atoms with Crippen LogP contribution in [-0.2, 0) is 4.79 Å². The largest absolute Gasteiger partial charge is 0.507 e. The Kier molecular flexibility index (Phi) is 6.65. The summed E-state index contributed by atoms with van der Waals surface area (Å²) in [6.07, 6.45) is -0.584. The lowest BCUT2D eigenvalue weighted by molar-refractivity contribution is -0.141. The van der Waals surface area contributed by atoms with E-state index in [1.165, 1.54) is 12.1 Å². The molecule has 3 aromatic rings. The Morgan fingerprint density at radius 2 is 1.76 bits per heavy atom. The highest BCUT2D eigenvalue weighted by Crippen LogP contribution is 2.32. The number of aromatic nitrogens is 2. The van der Waals surface area contributed by atoms with Crippen LogP contribution in [0.4, 0.5) is 5.82 Å². The molecule has 4 rings (SSSR count). The number of aromatic hydroxyl groups is 1. The SMILES string of the molecule is CC(C)C[C@@H](O)C(=O)N1CCN(c2nc(-c3ccccc3O)nc3cc(C(=O)O)ccc23)CC1.[HH].[HH]. The number of hydrogen-bond acceptors (Lipinski definition) is 7. The minimum atomic E-state index is -1.06. The number of aromatic carboxylic acids is 1. The van der Waals surface area contributed by atoms with E-state index in [0.717, 1.165) is 0 Å². The molecule has 9 heteroatoms. The van der Waals surface area contributed by atoms with Crippen LogP contribution in [0.1, 0.15) is 33.5 Å². The number of aliphatic hydroxyl groups is 1. The molecule has 0 radical (unpaired) electrons. The molecule has 1 amide bonds. The number of nitrogens with zero attached hydrogens (tertiary/aromatic N) is 4. The van der Waals surface area contributed by atoms with Gasteiger partial charge in [-0.05, 0) is 42.7 Å². The first kappa shape index (κ1) is 23.4. The van der Waals surface area contributed by atoms with Gasteiger partial charge >= 0.3 is 5.97 Å². The maximum Gasteiger partial charge on any atom is 0.335 e. The monoisotopic (exact) mass is 468 g/mol. The van der Waals surface area contributed by atoms with Crippen molar-refractivity contribution in [3.05, 3.63) is 48.0 Å². The Balaban J connectivity index is 0.00000228. The molecule has 0 bridgehead atoms. The summed E-state index contributed by atoms with van der Waals surface area (Å²) < 4.78 is 0. The van der Waals surface area contributed by atoms with Gasteiger partial charge in [-0.25, -0.2) is 14.8 Å². The number of fused-ring (bicyclic) bond motifs is 1. The molecule has 0 unspecified atom stereocenters. The first-order valence-electron chi connectivity index (χ1n) is 11.3. The fraction of sp³-hybridized carbons (Fsp3) is 0.360. The molecule has 1 atom stereocenters. The third kappa shape index (κ3) is 4.79. The summed E-state index contributed by atoms with van der Waals surface area (Å²) in [6, 6.07) is 11.4. The molecule has 1 fully saturated rings. The van der Waals surface area contributed by atoms with Gasteiger partial charge in [-0.2, -0.15) is 0 Å². The number of benzene rings is 2. The van der Waals surface area contributed by atoms with Crippen molar-refractivity contribution in [1.82, 2.24) is 14.9 Å². The van der Waals surface area contributed by atoms with Crippen LogP contribution in [-0.4, -0.2) is 74.3 Å². The second-order valence-electron chi connectivity index (χ2n) is 8.88. The lowest BCUT2D eigenvalue weighted by Gasteiger charge is -2.37. The van der Waals surface area contributed by atoms with Crippen molar-refractivity contribution < 1.29 is 27.8 Å². The fourth-order valence-corrected chi connectivity index (χ4v) is 4.17. The van der Waals surface area contributed by atoms with Crippen LogP contribution >= 0.6 is 0 Å². The number of carbonyl (C=O) groups is 2. The zero-order chi connectivity index (χ0) is 24.4. The molecule has 3 N–H and O–H groups in total. The molecular formula is C25H32N4O5. The molecule has 34 heavy (non-hydrogen) atoms. The molecule has 2 heterocycles. The highest BCUT2D eigenvalue weighted by atomic mass is 16.4. The van der Waals surface area contributed by atoms with Crippen molar-refractivity contribution in [2.45, 2.75) is 26.4 Å². The second kappa shape index (κ2) is 9.64. The van der Waals surface area contributed by atoms with Crippen molar-refractivity contribution in [3.8, 4) is 17.1 Å². The number of carbonyl (C=O) groups excluding carboxylic acids is 1. The van der Waals surface area contributed by atoms with Crippen LogP contribution in [0.5, 0.6) is 5.75 Å². The van der Waals surface area contributed by atoms with Gasteiger partial charge in [0.2, 0.25) is 0 Å². The van der Waals surface area contributed by atoms with E-state index in [1.54, 1.807) is 35.2 Å². The summed E-state index contributed by atoms with van der Waals surface area (Å²) in [5, 5.41) is 30.7. The molecular weight excluding hydrogens is 436 g/mol.